The average molecular weight is 480 g/mol. The number of carbonyl (C=O) groups excluding carboxylic acids is 1. The summed E-state index contributed by atoms with van der Waals surface area (Å²) >= 11 is 0. The molecule has 4 rings (SSSR count). The van der Waals surface area contributed by atoms with E-state index in [-0.39, 0.29) is 16.8 Å². The van der Waals surface area contributed by atoms with Gasteiger partial charge in [-0.15, -0.1) is 0 Å². The normalized spacial score (nSPS) is 11.6. The molecule has 34 heavy (non-hydrogen) atoms. The number of amides is 1. The zero-order valence-corrected chi connectivity index (χ0v) is 20.1. The summed E-state index contributed by atoms with van der Waals surface area (Å²) < 4.78 is 35.1. The Labute approximate surface area is 197 Å². The molecule has 0 unspecified atom stereocenters. The number of sulfonamides is 1. The third kappa shape index (κ3) is 4.72. The quantitative estimate of drug-likeness (QED) is 0.406. The van der Waals surface area contributed by atoms with E-state index in [0.717, 1.165) is 5.39 Å². The summed E-state index contributed by atoms with van der Waals surface area (Å²) in [5, 5.41) is 7.87. The maximum atomic E-state index is 13.0. The highest BCUT2D eigenvalue weighted by molar-refractivity contribution is 7.92. The van der Waals surface area contributed by atoms with Crippen molar-refractivity contribution in [1.29, 1.82) is 0 Å². The fraction of sp³-hybridized carbons (Fsp3) is 0.208. The Morgan fingerprint density at radius 3 is 2.47 bits per heavy atom. The summed E-state index contributed by atoms with van der Waals surface area (Å²) in [6.07, 6.45) is 1.68. The minimum absolute atomic E-state index is 0.0182. The molecule has 0 fully saturated rings. The standard InChI is InChI=1S/C24H25N5O4S/c1-15(2)29-23-17(14-25-29)12-22(16(3)26-23)24(30)27-19-6-5-7-21(13-19)34(31,32)28-18-8-10-20(33-4)11-9-18/h5-15,28H,1-4H3,(H,27,30). The van der Waals surface area contributed by atoms with Crippen molar-refractivity contribution < 1.29 is 17.9 Å². The van der Waals surface area contributed by atoms with Gasteiger partial charge in [0.05, 0.1) is 29.5 Å². The van der Waals surface area contributed by atoms with E-state index >= 15 is 0 Å². The van der Waals surface area contributed by atoms with Crippen LogP contribution in [0.25, 0.3) is 11.0 Å². The zero-order chi connectivity index (χ0) is 24.5. The first-order valence-corrected chi connectivity index (χ1v) is 12.1. The highest BCUT2D eigenvalue weighted by Gasteiger charge is 2.18. The van der Waals surface area contributed by atoms with E-state index < -0.39 is 10.0 Å². The molecule has 0 aliphatic rings. The second-order valence-corrected chi connectivity index (χ2v) is 9.72. The number of hydrogen-bond acceptors (Lipinski definition) is 6. The minimum atomic E-state index is -3.86. The fourth-order valence-electron chi connectivity index (χ4n) is 3.49. The monoisotopic (exact) mass is 479 g/mol. The van der Waals surface area contributed by atoms with E-state index in [0.29, 0.717) is 34.0 Å². The lowest BCUT2D eigenvalue weighted by Crippen LogP contribution is -2.16. The van der Waals surface area contributed by atoms with Crippen LogP contribution in [0, 0.1) is 6.92 Å². The fourth-order valence-corrected chi connectivity index (χ4v) is 4.59. The molecular weight excluding hydrogens is 454 g/mol. The largest absolute Gasteiger partial charge is 0.497 e. The van der Waals surface area contributed by atoms with E-state index in [2.05, 4.69) is 20.1 Å². The Kier molecular flexibility index (Phi) is 6.25. The topological polar surface area (TPSA) is 115 Å². The van der Waals surface area contributed by atoms with Crippen molar-refractivity contribution in [3.63, 3.8) is 0 Å². The van der Waals surface area contributed by atoms with Gasteiger partial charge in [-0.05, 0) is 69.3 Å². The number of rotatable bonds is 7. The number of methoxy groups -OCH3 is 1. The van der Waals surface area contributed by atoms with Crippen LogP contribution in [-0.4, -0.2) is 36.2 Å². The Hall–Kier alpha value is -3.92. The molecule has 0 aliphatic carbocycles. The molecule has 0 saturated heterocycles. The molecule has 4 aromatic rings. The Balaban J connectivity index is 1.56. The lowest BCUT2D eigenvalue weighted by Gasteiger charge is -2.12. The number of aromatic nitrogens is 3. The summed E-state index contributed by atoms with van der Waals surface area (Å²) in [7, 11) is -2.33. The van der Waals surface area contributed by atoms with Crippen molar-refractivity contribution >= 4 is 38.3 Å². The van der Waals surface area contributed by atoms with Crippen LogP contribution in [0.3, 0.4) is 0 Å². The molecule has 0 radical (unpaired) electrons. The van der Waals surface area contributed by atoms with Gasteiger partial charge in [0.2, 0.25) is 0 Å². The summed E-state index contributed by atoms with van der Waals surface area (Å²) in [6, 6.07) is 14.5. The first-order chi connectivity index (χ1) is 16.2. The number of pyridine rings is 1. The van der Waals surface area contributed by atoms with Gasteiger partial charge in [-0.25, -0.2) is 18.1 Å². The summed E-state index contributed by atoms with van der Waals surface area (Å²) in [5.74, 6) is 0.231. The van der Waals surface area contributed by atoms with Crippen LogP contribution < -0.4 is 14.8 Å². The first kappa shape index (κ1) is 23.2. The average Bonchev–Trinajstić information content (AvgIpc) is 3.22. The number of carbonyl (C=O) groups is 1. The predicted molar refractivity (Wildman–Crippen MR) is 131 cm³/mol. The van der Waals surface area contributed by atoms with Gasteiger partial charge in [-0.2, -0.15) is 5.10 Å². The maximum absolute atomic E-state index is 13.0. The predicted octanol–water partition coefficient (Wildman–Crippen LogP) is 4.38. The Morgan fingerprint density at radius 1 is 1.06 bits per heavy atom. The molecule has 2 heterocycles. The van der Waals surface area contributed by atoms with Gasteiger partial charge in [0, 0.05) is 22.8 Å². The van der Waals surface area contributed by atoms with Gasteiger partial charge >= 0.3 is 0 Å². The summed E-state index contributed by atoms with van der Waals surface area (Å²) in [4.78, 5) is 17.6. The number of fused-ring (bicyclic) bond motifs is 1. The van der Waals surface area contributed by atoms with Crippen LogP contribution in [0.1, 0.15) is 35.9 Å². The van der Waals surface area contributed by atoms with Crippen LogP contribution >= 0.6 is 0 Å². The molecule has 0 atom stereocenters. The number of nitrogens with one attached hydrogen (secondary N) is 2. The summed E-state index contributed by atoms with van der Waals surface area (Å²) in [5.41, 5.74) is 2.40. The lowest BCUT2D eigenvalue weighted by atomic mass is 10.1. The molecule has 2 aromatic carbocycles. The molecule has 0 aliphatic heterocycles. The zero-order valence-electron chi connectivity index (χ0n) is 19.2. The van der Waals surface area contributed by atoms with Gasteiger partial charge in [0.1, 0.15) is 5.75 Å². The minimum Gasteiger partial charge on any atom is -0.497 e. The van der Waals surface area contributed by atoms with Gasteiger partial charge in [-0.3, -0.25) is 9.52 Å². The molecule has 0 saturated carbocycles. The molecule has 1 amide bonds. The van der Waals surface area contributed by atoms with Crippen molar-refractivity contribution in [3.05, 3.63) is 72.1 Å². The first-order valence-electron chi connectivity index (χ1n) is 10.6. The Morgan fingerprint density at radius 2 is 1.79 bits per heavy atom. The number of benzene rings is 2. The van der Waals surface area contributed by atoms with E-state index in [4.69, 9.17) is 4.74 Å². The van der Waals surface area contributed by atoms with Crippen LogP contribution in [0.4, 0.5) is 11.4 Å². The third-order valence-corrected chi connectivity index (χ3v) is 6.62. The van der Waals surface area contributed by atoms with E-state index in [1.165, 1.54) is 19.2 Å². The van der Waals surface area contributed by atoms with E-state index in [1.54, 1.807) is 60.3 Å². The molecule has 9 nitrogen and oxygen atoms in total. The lowest BCUT2D eigenvalue weighted by molar-refractivity contribution is 0.102. The highest BCUT2D eigenvalue weighted by Crippen LogP contribution is 2.23. The molecular formula is C24H25N5O4S. The number of ether oxygens (including phenoxy) is 1. The van der Waals surface area contributed by atoms with Crippen molar-refractivity contribution in [2.45, 2.75) is 31.7 Å². The van der Waals surface area contributed by atoms with Gasteiger partial charge < -0.3 is 10.1 Å². The van der Waals surface area contributed by atoms with Crippen LogP contribution in [-0.2, 0) is 10.0 Å². The van der Waals surface area contributed by atoms with Gasteiger partial charge in [0.25, 0.3) is 15.9 Å². The number of aryl methyl sites for hydroxylation is 1. The van der Waals surface area contributed by atoms with Gasteiger partial charge in [-0.1, -0.05) is 6.07 Å². The molecule has 0 spiro atoms. The van der Waals surface area contributed by atoms with Crippen molar-refractivity contribution in [2.75, 3.05) is 17.1 Å². The van der Waals surface area contributed by atoms with E-state index in [9.17, 15) is 13.2 Å². The van der Waals surface area contributed by atoms with Crippen molar-refractivity contribution in [1.82, 2.24) is 14.8 Å². The van der Waals surface area contributed by atoms with Crippen molar-refractivity contribution in [3.8, 4) is 5.75 Å². The Bertz CT molecular complexity index is 1460. The van der Waals surface area contributed by atoms with Crippen LogP contribution in [0.15, 0.2) is 65.7 Å². The second-order valence-electron chi connectivity index (χ2n) is 8.03. The van der Waals surface area contributed by atoms with Crippen molar-refractivity contribution in [2.24, 2.45) is 0 Å². The molecule has 2 N–H and O–H groups in total. The molecule has 176 valence electrons. The second kappa shape index (κ2) is 9.14. The number of anilines is 2. The van der Waals surface area contributed by atoms with Crippen LogP contribution in [0.5, 0.6) is 5.75 Å². The van der Waals surface area contributed by atoms with E-state index in [1.807, 2.05) is 13.8 Å². The number of hydrogen-bond donors (Lipinski definition) is 2. The SMILES string of the molecule is COc1ccc(NS(=O)(=O)c2cccc(NC(=O)c3cc4cnn(C(C)C)c4nc3C)c2)cc1. The molecule has 0 bridgehead atoms. The van der Waals surface area contributed by atoms with Gasteiger partial charge in [0.15, 0.2) is 5.65 Å². The smallest absolute Gasteiger partial charge is 0.261 e. The summed E-state index contributed by atoms with van der Waals surface area (Å²) in [6.45, 7) is 5.77. The number of nitrogens with zero attached hydrogens (tertiary/aromatic N) is 3. The third-order valence-electron chi connectivity index (χ3n) is 5.24. The molecule has 10 heteroatoms. The molecule has 2 aromatic heterocycles. The van der Waals surface area contributed by atoms with Crippen LogP contribution in [0.2, 0.25) is 0 Å². The maximum Gasteiger partial charge on any atom is 0.261 e. The highest BCUT2D eigenvalue weighted by atomic mass is 32.2.